The van der Waals surface area contributed by atoms with Gasteiger partial charge in [0.25, 0.3) is 0 Å². The highest BCUT2D eigenvalue weighted by molar-refractivity contribution is 6.01. The number of methoxy groups -OCH3 is 1. The number of rotatable bonds is 6. The SMILES string of the molecule is CCOc1c(OC)ccc(/C(C)=N/O)c1OCC. The van der Waals surface area contributed by atoms with Gasteiger partial charge in [-0.2, -0.15) is 0 Å². The summed E-state index contributed by atoms with van der Waals surface area (Å²) in [5.74, 6) is 1.66. The van der Waals surface area contributed by atoms with Crippen molar-refractivity contribution in [2.24, 2.45) is 5.16 Å². The second-order valence-corrected chi connectivity index (χ2v) is 3.53. The van der Waals surface area contributed by atoms with Gasteiger partial charge in [0.1, 0.15) is 0 Å². The molecule has 0 aliphatic carbocycles. The fourth-order valence-electron chi connectivity index (χ4n) is 1.61. The first-order chi connectivity index (χ1) is 8.69. The van der Waals surface area contributed by atoms with E-state index in [0.717, 1.165) is 0 Å². The summed E-state index contributed by atoms with van der Waals surface area (Å²) >= 11 is 0. The van der Waals surface area contributed by atoms with Crippen LogP contribution in [0.2, 0.25) is 0 Å². The standard InChI is InChI=1S/C13H19NO4/c1-5-17-12-10(9(3)14-15)7-8-11(16-4)13(12)18-6-2/h7-8,15H,5-6H2,1-4H3/b14-9+. The summed E-state index contributed by atoms with van der Waals surface area (Å²) in [5, 5.41) is 12.1. The second-order valence-electron chi connectivity index (χ2n) is 3.53. The van der Waals surface area contributed by atoms with Crippen molar-refractivity contribution >= 4 is 5.71 Å². The van der Waals surface area contributed by atoms with Gasteiger partial charge in [0.2, 0.25) is 5.75 Å². The zero-order chi connectivity index (χ0) is 13.5. The lowest BCUT2D eigenvalue weighted by atomic mass is 10.1. The van der Waals surface area contributed by atoms with Crippen molar-refractivity contribution < 1.29 is 19.4 Å². The highest BCUT2D eigenvalue weighted by Crippen LogP contribution is 2.40. The molecular weight excluding hydrogens is 234 g/mol. The fraction of sp³-hybridized carbons (Fsp3) is 0.462. The number of nitrogens with zero attached hydrogens (tertiary/aromatic N) is 1. The molecule has 0 aliphatic rings. The zero-order valence-corrected chi connectivity index (χ0v) is 11.2. The molecule has 0 aromatic heterocycles. The Hall–Kier alpha value is -1.91. The molecule has 0 radical (unpaired) electrons. The minimum Gasteiger partial charge on any atom is -0.493 e. The number of ether oxygens (including phenoxy) is 3. The maximum absolute atomic E-state index is 8.89. The average Bonchev–Trinajstić information content (AvgIpc) is 2.40. The first-order valence-corrected chi connectivity index (χ1v) is 5.85. The molecule has 1 N–H and O–H groups in total. The van der Waals surface area contributed by atoms with Crippen LogP contribution in [0.5, 0.6) is 17.2 Å². The number of benzene rings is 1. The van der Waals surface area contributed by atoms with Crippen molar-refractivity contribution in [2.45, 2.75) is 20.8 Å². The summed E-state index contributed by atoms with van der Waals surface area (Å²) in [5.41, 5.74) is 1.14. The molecule has 0 fully saturated rings. The third kappa shape index (κ3) is 2.85. The molecule has 0 bridgehead atoms. The Morgan fingerprint density at radius 1 is 1.17 bits per heavy atom. The lowest BCUT2D eigenvalue weighted by Crippen LogP contribution is -2.06. The van der Waals surface area contributed by atoms with Crippen LogP contribution in [0.25, 0.3) is 0 Å². The molecule has 100 valence electrons. The molecule has 1 aromatic rings. The molecule has 0 saturated heterocycles. The monoisotopic (exact) mass is 253 g/mol. The Balaban J connectivity index is 3.40. The van der Waals surface area contributed by atoms with Crippen LogP contribution < -0.4 is 14.2 Å². The van der Waals surface area contributed by atoms with E-state index in [0.29, 0.717) is 41.7 Å². The molecular formula is C13H19NO4. The van der Waals surface area contributed by atoms with Crippen molar-refractivity contribution in [1.82, 2.24) is 0 Å². The number of oxime groups is 1. The van der Waals surface area contributed by atoms with E-state index in [4.69, 9.17) is 19.4 Å². The summed E-state index contributed by atoms with van der Waals surface area (Å²) in [6.07, 6.45) is 0. The summed E-state index contributed by atoms with van der Waals surface area (Å²) in [6.45, 7) is 6.44. The van der Waals surface area contributed by atoms with E-state index in [2.05, 4.69) is 5.16 Å². The van der Waals surface area contributed by atoms with Gasteiger partial charge in [-0.05, 0) is 32.9 Å². The maximum Gasteiger partial charge on any atom is 0.204 e. The Morgan fingerprint density at radius 2 is 1.78 bits per heavy atom. The third-order valence-corrected chi connectivity index (χ3v) is 2.41. The third-order valence-electron chi connectivity index (χ3n) is 2.41. The molecule has 0 unspecified atom stereocenters. The van der Waals surface area contributed by atoms with Gasteiger partial charge >= 0.3 is 0 Å². The molecule has 18 heavy (non-hydrogen) atoms. The van der Waals surface area contributed by atoms with Crippen LogP contribution in [0.1, 0.15) is 26.3 Å². The maximum atomic E-state index is 8.89. The van der Waals surface area contributed by atoms with Crippen LogP contribution in [0.15, 0.2) is 17.3 Å². The van der Waals surface area contributed by atoms with E-state index >= 15 is 0 Å². The molecule has 0 heterocycles. The topological polar surface area (TPSA) is 60.3 Å². The zero-order valence-electron chi connectivity index (χ0n) is 11.2. The van der Waals surface area contributed by atoms with Gasteiger partial charge in [-0.1, -0.05) is 5.16 Å². The summed E-state index contributed by atoms with van der Waals surface area (Å²) in [4.78, 5) is 0. The second kappa shape index (κ2) is 6.74. The van der Waals surface area contributed by atoms with E-state index in [1.807, 2.05) is 13.8 Å². The van der Waals surface area contributed by atoms with Crippen LogP contribution in [0, 0.1) is 0 Å². The van der Waals surface area contributed by atoms with Crippen molar-refractivity contribution in [3.05, 3.63) is 17.7 Å². The first kappa shape index (κ1) is 14.2. The van der Waals surface area contributed by atoms with Crippen molar-refractivity contribution in [1.29, 1.82) is 0 Å². The molecule has 0 atom stereocenters. The molecule has 0 amide bonds. The number of hydrogen-bond acceptors (Lipinski definition) is 5. The largest absolute Gasteiger partial charge is 0.493 e. The van der Waals surface area contributed by atoms with Gasteiger partial charge in [0, 0.05) is 5.56 Å². The van der Waals surface area contributed by atoms with Gasteiger partial charge in [0.15, 0.2) is 11.5 Å². The Labute approximate surface area is 107 Å². The molecule has 0 spiro atoms. The van der Waals surface area contributed by atoms with E-state index in [-0.39, 0.29) is 0 Å². The van der Waals surface area contributed by atoms with Crippen LogP contribution in [0.3, 0.4) is 0 Å². The lowest BCUT2D eigenvalue weighted by molar-refractivity contribution is 0.271. The van der Waals surface area contributed by atoms with E-state index in [9.17, 15) is 0 Å². The highest BCUT2D eigenvalue weighted by Gasteiger charge is 2.18. The smallest absolute Gasteiger partial charge is 0.204 e. The Kier molecular flexibility index (Phi) is 5.30. The molecule has 5 nitrogen and oxygen atoms in total. The van der Waals surface area contributed by atoms with Gasteiger partial charge in [-0.15, -0.1) is 0 Å². The normalized spacial score (nSPS) is 11.2. The molecule has 0 aliphatic heterocycles. The number of hydrogen-bond donors (Lipinski definition) is 1. The van der Waals surface area contributed by atoms with E-state index in [1.54, 1.807) is 26.2 Å². The van der Waals surface area contributed by atoms with Gasteiger partial charge in [0.05, 0.1) is 26.0 Å². The van der Waals surface area contributed by atoms with Crippen molar-refractivity contribution in [3.8, 4) is 17.2 Å². The lowest BCUT2D eigenvalue weighted by Gasteiger charge is -2.17. The summed E-state index contributed by atoms with van der Waals surface area (Å²) in [7, 11) is 1.57. The average molecular weight is 253 g/mol. The molecule has 0 saturated carbocycles. The van der Waals surface area contributed by atoms with E-state index < -0.39 is 0 Å². The van der Waals surface area contributed by atoms with Crippen LogP contribution >= 0.6 is 0 Å². The van der Waals surface area contributed by atoms with Gasteiger partial charge < -0.3 is 19.4 Å². The summed E-state index contributed by atoms with van der Waals surface area (Å²) < 4.78 is 16.4. The predicted octanol–water partition coefficient (Wildman–Crippen LogP) is 2.69. The molecule has 1 aromatic carbocycles. The Morgan fingerprint density at radius 3 is 2.28 bits per heavy atom. The van der Waals surface area contributed by atoms with Crippen LogP contribution in [0.4, 0.5) is 0 Å². The highest BCUT2D eigenvalue weighted by atomic mass is 16.5. The quantitative estimate of drug-likeness (QED) is 0.481. The molecule has 5 heteroatoms. The summed E-state index contributed by atoms with van der Waals surface area (Å²) in [6, 6.07) is 3.54. The minimum atomic E-state index is 0.460. The van der Waals surface area contributed by atoms with Crippen molar-refractivity contribution in [3.63, 3.8) is 0 Å². The van der Waals surface area contributed by atoms with Gasteiger partial charge in [-0.25, -0.2) is 0 Å². The van der Waals surface area contributed by atoms with E-state index in [1.165, 1.54) is 0 Å². The Bertz CT molecular complexity index is 429. The minimum absolute atomic E-state index is 0.460. The van der Waals surface area contributed by atoms with Crippen molar-refractivity contribution in [2.75, 3.05) is 20.3 Å². The van der Waals surface area contributed by atoms with Crippen LogP contribution in [-0.4, -0.2) is 31.2 Å². The molecule has 1 rings (SSSR count). The first-order valence-electron chi connectivity index (χ1n) is 5.85. The van der Waals surface area contributed by atoms with Crippen LogP contribution in [-0.2, 0) is 0 Å². The predicted molar refractivity (Wildman–Crippen MR) is 69.3 cm³/mol. The van der Waals surface area contributed by atoms with Gasteiger partial charge in [-0.3, -0.25) is 0 Å². The fourth-order valence-corrected chi connectivity index (χ4v) is 1.61.